The van der Waals surface area contributed by atoms with E-state index in [1.807, 2.05) is 0 Å². The molecule has 0 atom stereocenters. The van der Waals surface area contributed by atoms with Gasteiger partial charge < -0.3 is 22.2 Å². The maximum Gasteiger partial charge on any atom is 0.673 e. The first-order valence-electron chi connectivity index (χ1n) is 8.95. The number of hydrogen-bond donors (Lipinski definition) is 0. The topological polar surface area (TPSA) is 14.5 Å². The van der Waals surface area contributed by atoms with Crippen molar-refractivity contribution in [1.29, 1.82) is 0 Å². The Morgan fingerprint density at radius 3 is 2.08 bits per heavy atom. The summed E-state index contributed by atoms with van der Waals surface area (Å²) in [6.07, 6.45) is 3.97. The number of benzene rings is 1. The van der Waals surface area contributed by atoms with Crippen LogP contribution in [0.3, 0.4) is 0 Å². The molecule has 144 valence electrons. The van der Waals surface area contributed by atoms with Gasteiger partial charge in [0.05, 0.1) is 16.9 Å². The molecule has 2 heterocycles. The zero-order valence-corrected chi connectivity index (χ0v) is 15.8. The van der Waals surface area contributed by atoms with E-state index >= 15 is 0 Å². The quantitative estimate of drug-likeness (QED) is 0.318. The van der Waals surface area contributed by atoms with E-state index in [0.29, 0.717) is 0 Å². The zero-order chi connectivity index (χ0) is 19.5. The van der Waals surface area contributed by atoms with E-state index in [1.165, 1.54) is 49.0 Å². The second kappa shape index (κ2) is 7.84. The van der Waals surface area contributed by atoms with Gasteiger partial charge in [-0.2, -0.15) is 0 Å². The van der Waals surface area contributed by atoms with Crippen LogP contribution < -0.4 is 4.90 Å². The lowest BCUT2D eigenvalue weighted by atomic mass is 9.91. The zero-order valence-electron chi connectivity index (χ0n) is 15.8. The van der Waals surface area contributed by atoms with Gasteiger partial charge in [0.25, 0.3) is 0 Å². The normalized spacial score (nSPS) is 15.6. The molecule has 0 saturated carbocycles. The summed E-state index contributed by atoms with van der Waals surface area (Å²) in [7, 11) is -6.00. The van der Waals surface area contributed by atoms with Gasteiger partial charge in [-0.1, -0.05) is 0 Å². The highest BCUT2D eigenvalue weighted by Gasteiger charge is 2.28. The van der Waals surface area contributed by atoms with Crippen molar-refractivity contribution in [2.75, 3.05) is 18.0 Å². The minimum absolute atomic E-state index is 0.0417. The Balaban J connectivity index is 0.000000431. The van der Waals surface area contributed by atoms with Gasteiger partial charge >= 0.3 is 18.6 Å². The number of hydrogen-bond acceptors (Lipinski definition) is 1. The van der Waals surface area contributed by atoms with Crippen LogP contribution >= 0.6 is 0 Å². The fourth-order valence-corrected chi connectivity index (χ4v) is 3.06. The monoisotopic (exact) mass is 371 g/mol. The third kappa shape index (κ3) is 5.89. The molecule has 1 fully saturated rings. The SMILES string of the molecule is Cc1cc(C(C)(C)C)[o+]c2cc(N3CCCCC3)ccc12.F[B-](F)(F)F. The summed E-state index contributed by atoms with van der Waals surface area (Å²) >= 11 is 0. The van der Waals surface area contributed by atoms with Gasteiger partial charge in [0.15, 0.2) is 0 Å². The van der Waals surface area contributed by atoms with Crippen molar-refractivity contribution >= 4 is 23.9 Å². The first-order chi connectivity index (χ1) is 11.9. The summed E-state index contributed by atoms with van der Waals surface area (Å²) in [5, 5.41) is 1.23. The number of piperidine rings is 1. The Morgan fingerprint density at radius 2 is 1.54 bits per heavy atom. The molecular weight excluding hydrogens is 345 g/mol. The number of halogens is 4. The lowest BCUT2D eigenvalue weighted by Crippen LogP contribution is -2.29. The van der Waals surface area contributed by atoms with Gasteiger partial charge in [0.2, 0.25) is 0 Å². The molecule has 0 bridgehead atoms. The van der Waals surface area contributed by atoms with Crippen LogP contribution in [0.15, 0.2) is 28.7 Å². The molecule has 3 rings (SSSR count). The van der Waals surface area contributed by atoms with Crippen LogP contribution in [-0.2, 0) is 5.41 Å². The summed E-state index contributed by atoms with van der Waals surface area (Å²) in [6.45, 7) is 11.1. The highest BCUT2D eigenvalue weighted by molar-refractivity contribution is 6.50. The van der Waals surface area contributed by atoms with Crippen molar-refractivity contribution in [3.63, 3.8) is 0 Å². The average molecular weight is 371 g/mol. The molecule has 0 N–H and O–H groups in total. The molecule has 1 aromatic heterocycles. The molecule has 7 heteroatoms. The minimum Gasteiger partial charge on any atom is -0.418 e. The molecule has 1 aliphatic rings. The fraction of sp³-hybridized carbons (Fsp3) is 0.526. The summed E-state index contributed by atoms with van der Waals surface area (Å²) in [4.78, 5) is 2.48. The molecule has 2 nitrogen and oxygen atoms in total. The van der Waals surface area contributed by atoms with Crippen molar-refractivity contribution < 1.29 is 21.7 Å². The minimum atomic E-state index is -6.00. The van der Waals surface area contributed by atoms with E-state index in [9.17, 15) is 17.3 Å². The van der Waals surface area contributed by atoms with Gasteiger partial charge in [-0.05, 0) is 64.7 Å². The number of aryl methyl sites for hydroxylation is 1. The standard InChI is InChI=1S/C19H26NO.BF4/c1-14-12-18(19(2,3)4)21-17-13-15(8-9-16(14)17)20-10-6-5-7-11-20;2-1(3,4)5/h8-9,12-13H,5-7,10-11H2,1-4H3;/q+1;-1. The van der Waals surface area contributed by atoms with Gasteiger partial charge in [-0.15, -0.1) is 0 Å². The van der Waals surface area contributed by atoms with Crippen molar-refractivity contribution in [2.24, 2.45) is 0 Å². The Labute approximate surface area is 152 Å². The molecule has 2 aromatic rings. The Hall–Kier alpha value is -1.79. The van der Waals surface area contributed by atoms with Gasteiger partial charge in [-0.25, -0.2) is 4.42 Å². The molecule has 1 aliphatic heterocycles. The van der Waals surface area contributed by atoms with Crippen LogP contribution in [0, 0.1) is 6.92 Å². The van der Waals surface area contributed by atoms with Crippen LogP contribution in [0.1, 0.15) is 51.4 Å². The molecule has 1 saturated heterocycles. The van der Waals surface area contributed by atoms with Crippen LogP contribution in [0.2, 0.25) is 0 Å². The lowest BCUT2D eigenvalue weighted by Gasteiger charge is -2.28. The van der Waals surface area contributed by atoms with Crippen LogP contribution in [-0.4, -0.2) is 20.3 Å². The second-order valence-electron chi connectivity index (χ2n) is 7.77. The number of rotatable bonds is 1. The molecule has 0 amide bonds. The Bertz CT molecular complexity index is 744. The highest BCUT2D eigenvalue weighted by Crippen LogP contribution is 2.31. The smallest absolute Gasteiger partial charge is 0.418 e. The highest BCUT2D eigenvalue weighted by atomic mass is 19.5. The number of anilines is 1. The third-order valence-electron chi connectivity index (χ3n) is 4.42. The second-order valence-corrected chi connectivity index (χ2v) is 7.77. The summed E-state index contributed by atoms with van der Waals surface area (Å²) in [5.74, 6) is 1.06. The molecule has 0 spiro atoms. The van der Waals surface area contributed by atoms with Crippen molar-refractivity contribution in [1.82, 2.24) is 0 Å². The molecular formula is C19H26BF4NO. The predicted octanol–water partition coefficient (Wildman–Crippen LogP) is 6.61. The maximum absolute atomic E-state index is 9.75. The maximum atomic E-state index is 9.75. The summed E-state index contributed by atoms with van der Waals surface area (Å²) in [5.41, 5.74) is 3.66. The van der Waals surface area contributed by atoms with Gasteiger partial charge in [0, 0.05) is 24.8 Å². The molecule has 0 aliphatic carbocycles. The Morgan fingerprint density at radius 1 is 0.962 bits per heavy atom. The molecule has 0 radical (unpaired) electrons. The first-order valence-corrected chi connectivity index (χ1v) is 8.95. The number of fused-ring (bicyclic) bond motifs is 1. The van der Waals surface area contributed by atoms with Crippen LogP contribution in [0.5, 0.6) is 0 Å². The van der Waals surface area contributed by atoms with Gasteiger partial charge in [-0.3, -0.25) is 0 Å². The predicted molar refractivity (Wildman–Crippen MR) is 100 cm³/mol. The first kappa shape index (κ1) is 20.5. The third-order valence-corrected chi connectivity index (χ3v) is 4.42. The van der Waals surface area contributed by atoms with Crippen molar-refractivity contribution in [3.05, 3.63) is 35.6 Å². The molecule has 0 unspecified atom stereocenters. The number of nitrogens with zero attached hydrogens (tertiary/aromatic N) is 1. The average Bonchev–Trinajstić information content (AvgIpc) is 2.53. The van der Waals surface area contributed by atoms with E-state index in [0.717, 1.165) is 11.3 Å². The van der Waals surface area contributed by atoms with Crippen molar-refractivity contribution in [2.45, 2.75) is 52.4 Å². The summed E-state index contributed by atoms with van der Waals surface area (Å²) < 4.78 is 45.2. The van der Waals surface area contributed by atoms with E-state index in [2.05, 4.69) is 56.9 Å². The Kier molecular flexibility index (Phi) is 6.19. The van der Waals surface area contributed by atoms with E-state index in [1.54, 1.807) is 0 Å². The largest absolute Gasteiger partial charge is 0.673 e. The van der Waals surface area contributed by atoms with Crippen molar-refractivity contribution in [3.8, 4) is 0 Å². The van der Waals surface area contributed by atoms with Crippen LogP contribution in [0.25, 0.3) is 11.0 Å². The molecule has 26 heavy (non-hydrogen) atoms. The van der Waals surface area contributed by atoms with E-state index < -0.39 is 7.25 Å². The van der Waals surface area contributed by atoms with E-state index in [4.69, 9.17) is 4.42 Å². The lowest BCUT2D eigenvalue weighted by molar-refractivity contribution is 0.368. The molecule has 1 aromatic carbocycles. The van der Waals surface area contributed by atoms with E-state index in [-0.39, 0.29) is 5.41 Å². The van der Waals surface area contributed by atoms with Gasteiger partial charge in [0.1, 0.15) is 0 Å². The summed E-state index contributed by atoms with van der Waals surface area (Å²) in [6, 6.07) is 8.86. The fourth-order valence-electron chi connectivity index (χ4n) is 3.06. The van der Waals surface area contributed by atoms with Crippen LogP contribution in [0.4, 0.5) is 23.0 Å².